The lowest BCUT2D eigenvalue weighted by Crippen LogP contribution is -2.13. The Labute approximate surface area is 132 Å². The first-order chi connectivity index (χ1) is 10.7. The Morgan fingerprint density at radius 1 is 1.05 bits per heavy atom. The van der Waals surface area contributed by atoms with Gasteiger partial charge in [0.05, 0.1) is 6.61 Å². The van der Waals surface area contributed by atoms with Gasteiger partial charge in [0.2, 0.25) is 0 Å². The highest BCUT2D eigenvalue weighted by Gasteiger charge is 2.20. The highest BCUT2D eigenvalue weighted by Crippen LogP contribution is 2.29. The molecule has 2 rings (SSSR count). The number of carbonyl (C=O) groups is 2. The van der Waals surface area contributed by atoms with E-state index in [1.807, 2.05) is 37.3 Å². The van der Waals surface area contributed by atoms with Gasteiger partial charge >= 0.3 is 5.97 Å². The van der Waals surface area contributed by atoms with Crippen LogP contribution in [0, 0.1) is 0 Å². The van der Waals surface area contributed by atoms with Gasteiger partial charge in [-0.25, -0.2) is 4.79 Å². The molecule has 0 aliphatic heterocycles. The average molecular weight is 300 g/mol. The van der Waals surface area contributed by atoms with Gasteiger partial charge in [0.25, 0.3) is 0 Å². The summed E-state index contributed by atoms with van der Waals surface area (Å²) < 4.78 is 5.23. The van der Waals surface area contributed by atoms with E-state index in [-0.39, 0.29) is 11.8 Å². The molecule has 0 aromatic heterocycles. The smallest absolute Gasteiger partial charge is 0.334 e. The van der Waals surface area contributed by atoms with Crippen LogP contribution < -0.4 is 0 Å². The molecule has 0 N–H and O–H groups in total. The zero-order valence-corrected chi connectivity index (χ0v) is 13.3. The van der Waals surface area contributed by atoms with Gasteiger partial charge in [0.1, 0.15) is 5.78 Å². The zero-order chi connectivity index (χ0) is 15.8. The van der Waals surface area contributed by atoms with Crippen LogP contribution in [0.25, 0.3) is 5.57 Å². The van der Waals surface area contributed by atoms with Crippen molar-refractivity contribution in [3.63, 3.8) is 0 Å². The molecular weight excluding hydrogens is 276 g/mol. The van der Waals surface area contributed by atoms with Gasteiger partial charge in [-0.05, 0) is 37.3 Å². The summed E-state index contributed by atoms with van der Waals surface area (Å²) >= 11 is 0. The summed E-state index contributed by atoms with van der Waals surface area (Å²) in [4.78, 5) is 24.6. The SMILES string of the molecule is CCOC(=O)/C1=C(\c2ccccc2)CC(=O)CCCCCC1. The van der Waals surface area contributed by atoms with E-state index in [4.69, 9.17) is 4.74 Å². The van der Waals surface area contributed by atoms with Gasteiger partial charge in [0.15, 0.2) is 0 Å². The van der Waals surface area contributed by atoms with Crippen LogP contribution in [0.15, 0.2) is 35.9 Å². The number of hydrogen-bond acceptors (Lipinski definition) is 3. The Morgan fingerprint density at radius 3 is 2.41 bits per heavy atom. The summed E-state index contributed by atoms with van der Waals surface area (Å²) in [6.07, 6.45) is 5.66. The first-order valence-electron chi connectivity index (χ1n) is 8.18. The lowest BCUT2D eigenvalue weighted by molar-refractivity contribution is -0.138. The normalized spacial score (nSPS) is 20.5. The van der Waals surface area contributed by atoms with Crippen molar-refractivity contribution in [2.24, 2.45) is 0 Å². The Morgan fingerprint density at radius 2 is 1.73 bits per heavy atom. The van der Waals surface area contributed by atoms with Gasteiger partial charge < -0.3 is 4.74 Å². The lowest BCUT2D eigenvalue weighted by atomic mass is 9.89. The van der Waals surface area contributed by atoms with E-state index in [0.717, 1.165) is 36.8 Å². The topological polar surface area (TPSA) is 43.4 Å². The molecule has 118 valence electrons. The minimum absolute atomic E-state index is 0.211. The molecule has 1 aromatic rings. The molecule has 0 saturated heterocycles. The van der Waals surface area contributed by atoms with E-state index in [1.165, 1.54) is 0 Å². The number of ether oxygens (including phenoxy) is 1. The van der Waals surface area contributed by atoms with Crippen molar-refractivity contribution in [2.45, 2.75) is 51.9 Å². The molecule has 1 aliphatic carbocycles. The Kier molecular flexibility index (Phi) is 6.38. The molecule has 3 nitrogen and oxygen atoms in total. The molecule has 0 bridgehead atoms. The first kappa shape index (κ1) is 16.5. The summed E-state index contributed by atoms with van der Waals surface area (Å²) in [6.45, 7) is 2.17. The molecule has 0 unspecified atom stereocenters. The minimum atomic E-state index is -0.269. The van der Waals surface area contributed by atoms with Crippen molar-refractivity contribution in [1.29, 1.82) is 0 Å². The van der Waals surface area contributed by atoms with Crippen LogP contribution in [0.3, 0.4) is 0 Å². The van der Waals surface area contributed by atoms with Crippen LogP contribution in [0.5, 0.6) is 0 Å². The maximum absolute atomic E-state index is 12.4. The third-order valence-corrected chi connectivity index (χ3v) is 4.01. The maximum Gasteiger partial charge on any atom is 0.334 e. The fourth-order valence-corrected chi connectivity index (χ4v) is 2.88. The predicted molar refractivity (Wildman–Crippen MR) is 87.3 cm³/mol. The summed E-state index contributed by atoms with van der Waals surface area (Å²) in [5.74, 6) is -0.0581. The van der Waals surface area contributed by atoms with E-state index in [0.29, 0.717) is 31.4 Å². The zero-order valence-electron chi connectivity index (χ0n) is 13.3. The first-order valence-corrected chi connectivity index (χ1v) is 8.18. The number of carbonyl (C=O) groups excluding carboxylic acids is 2. The van der Waals surface area contributed by atoms with Crippen molar-refractivity contribution >= 4 is 17.3 Å². The van der Waals surface area contributed by atoms with Crippen molar-refractivity contribution in [3.8, 4) is 0 Å². The molecule has 3 heteroatoms. The van der Waals surface area contributed by atoms with Crippen molar-refractivity contribution < 1.29 is 14.3 Å². The molecule has 0 spiro atoms. The van der Waals surface area contributed by atoms with Crippen molar-refractivity contribution in [3.05, 3.63) is 41.5 Å². The van der Waals surface area contributed by atoms with Gasteiger partial charge in [-0.1, -0.05) is 43.2 Å². The summed E-state index contributed by atoms with van der Waals surface area (Å²) in [7, 11) is 0. The number of hydrogen-bond donors (Lipinski definition) is 0. The van der Waals surface area contributed by atoms with Gasteiger partial charge in [-0.3, -0.25) is 4.79 Å². The molecule has 1 aromatic carbocycles. The highest BCUT2D eigenvalue weighted by atomic mass is 16.5. The Bertz CT molecular complexity index is 543. The fourth-order valence-electron chi connectivity index (χ4n) is 2.88. The second-order valence-electron chi connectivity index (χ2n) is 5.67. The number of ketones is 1. The number of Topliss-reactive ketones (excluding diaryl/α,β-unsaturated/α-hetero) is 1. The maximum atomic E-state index is 12.4. The van der Waals surface area contributed by atoms with Crippen LogP contribution in [0.1, 0.15) is 57.4 Å². The van der Waals surface area contributed by atoms with Crippen LogP contribution >= 0.6 is 0 Å². The molecule has 0 radical (unpaired) electrons. The second kappa shape index (κ2) is 8.52. The Balaban J connectivity index is 2.43. The second-order valence-corrected chi connectivity index (χ2v) is 5.67. The van der Waals surface area contributed by atoms with Gasteiger partial charge in [-0.15, -0.1) is 0 Å². The number of esters is 1. The molecule has 0 fully saturated rings. The number of allylic oxidation sites excluding steroid dienone is 1. The number of benzene rings is 1. The molecule has 1 aliphatic rings. The lowest BCUT2D eigenvalue weighted by Gasteiger charge is -2.16. The van der Waals surface area contributed by atoms with E-state index in [9.17, 15) is 9.59 Å². The van der Waals surface area contributed by atoms with Crippen LogP contribution in [-0.2, 0) is 14.3 Å². The van der Waals surface area contributed by atoms with Crippen molar-refractivity contribution in [1.82, 2.24) is 0 Å². The van der Waals surface area contributed by atoms with Crippen LogP contribution in [0.4, 0.5) is 0 Å². The van der Waals surface area contributed by atoms with E-state index in [1.54, 1.807) is 0 Å². The summed E-state index contributed by atoms with van der Waals surface area (Å²) in [5, 5.41) is 0. The molecule has 0 amide bonds. The third kappa shape index (κ3) is 4.55. The quantitative estimate of drug-likeness (QED) is 0.781. The summed E-state index contributed by atoms with van der Waals surface area (Å²) in [5.41, 5.74) is 2.49. The third-order valence-electron chi connectivity index (χ3n) is 4.01. The van der Waals surface area contributed by atoms with Crippen LogP contribution in [-0.4, -0.2) is 18.4 Å². The highest BCUT2D eigenvalue weighted by molar-refractivity contribution is 6.02. The van der Waals surface area contributed by atoms with Gasteiger partial charge in [0, 0.05) is 18.4 Å². The van der Waals surface area contributed by atoms with Crippen molar-refractivity contribution in [2.75, 3.05) is 6.61 Å². The molecular formula is C19H24O3. The summed E-state index contributed by atoms with van der Waals surface area (Å²) in [6, 6.07) is 9.75. The predicted octanol–water partition coefficient (Wildman–Crippen LogP) is 4.32. The van der Waals surface area contributed by atoms with E-state index in [2.05, 4.69) is 0 Å². The minimum Gasteiger partial charge on any atom is -0.463 e. The fraction of sp³-hybridized carbons (Fsp3) is 0.474. The average Bonchev–Trinajstić information content (AvgIpc) is 2.54. The van der Waals surface area contributed by atoms with Crippen LogP contribution in [0.2, 0.25) is 0 Å². The largest absolute Gasteiger partial charge is 0.463 e. The monoisotopic (exact) mass is 300 g/mol. The molecule has 0 atom stereocenters. The Hall–Kier alpha value is -1.90. The molecule has 0 saturated carbocycles. The number of rotatable bonds is 3. The molecule has 0 heterocycles. The van der Waals surface area contributed by atoms with E-state index >= 15 is 0 Å². The van der Waals surface area contributed by atoms with E-state index < -0.39 is 0 Å². The van der Waals surface area contributed by atoms with Gasteiger partial charge in [-0.2, -0.15) is 0 Å². The standard InChI is InChI=1S/C19H24O3/c1-2-22-19(21)17-13-9-4-3-8-12-16(20)14-18(17)15-10-6-5-7-11-15/h5-7,10-11H,2-4,8-9,12-14H2,1H3/b18-17-. The molecule has 22 heavy (non-hydrogen) atoms.